The van der Waals surface area contributed by atoms with Gasteiger partial charge in [0.25, 0.3) is 0 Å². The Balaban J connectivity index is 1.52. The summed E-state index contributed by atoms with van der Waals surface area (Å²) in [5.41, 5.74) is 2.43. The lowest BCUT2D eigenvalue weighted by Crippen LogP contribution is -2.54. The van der Waals surface area contributed by atoms with Crippen molar-refractivity contribution < 1.29 is 26.3 Å². The fourth-order valence-corrected chi connectivity index (χ4v) is 5.76. The van der Waals surface area contributed by atoms with E-state index in [-0.39, 0.29) is 11.7 Å². The normalized spacial score (nSPS) is 20.9. The number of aromatic amines is 1. The molecule has 204 valence electrons. The van der Waals surface area contributed by atoms with Gasteiger partial charge in [0.1, 0.15) is 11.6 Å². The van der Waals surface area contributed by atoms with Gasteiger partial charge in [-0.3, -0.25) is 14.2 Å². The van der Waals surface area contributed by atoms with Gasteiger partial charge in [0, 0.05) is 53.5 Å². The van der Waals surface area contributed by atoms with Crippen LogP contribution in [-0.2, 0) is 6.42 Å². The van der Waals surface area contributed by atoms with Crippen molar-refractivity contribution in [1.29, 1.82) is 0 Å². The summed E-state index contributed by atoms with van der Waals surface area (Å²) in [5.74, 6) is -1.83. The second kappa shape index (κ2) is 10.3. The summed E-state index contributed by atoms with van der Waals surface area (Å²) in [4.78, 5) is 6.33. The minimum Gasteiger partial charge on any atom is -0.380 e. The predicted molar refractivity (Wildman–Crippen MR) is 137 cm³/mol. The monoisotopic (exact) mass is 536 g/mol. The number of likely N-dealkylation sites (tertiary alicyclic amines) is 1. The minimum atomic E-state index is -4.56. The van der Waals surface area contributed by atoms with Gasteiger partial charge in [0.05, 0.1) is 25.3 Å². The largest absolute Gasteiger partial charge is 0.401 e. The standard InChI is InChI=1S/C28H30F6N4/c1-3-17-5-6-20-21-9-16(2)38(15-28(32,33)34)27(26(21)36-24(20)10-17)25-22(30)11-18(12-23(25)31)35-19-13-37(14-19)8-4-7-29/h3,5-6,10-12,16,19,27,35-36H,1,4,7-9,13-15H2,2H3/t16-,27?/m1/s1. The van der Waals surface area contributed by atoms with Crippen LogP contribution in [0.3, 0.4) is 0 Å². The van der Waals surface area contributed by atoms with Crippen LogP contribution in [0.1, 0.15) is 41.8 Å². The van der Waals surface area contributed by atoms with E-state index in [1.165, 1.54) is 0 Å². The molecular formula is C28H30F6N4. The van der Waals surface area contributed by atoms with Crippen molar-refractivity contribution in [3.8, 4) is 0 Å². The zero-order valence-electron chi connectivity index (χ0n) is 21.0. The summed E-state index contributed by atoms with van der Waals surface area (Å²) in [5, 5.41) is 3.90. The van der Waals surface area contributed by atoms with Crippen molar-refractivity contribution >= 4 is 22.7 Å². The fourth-order valence-electron chi connectivity index (χ4n) is 5.76. The Kier molecular flexibility index (Phi) is 7.21. The summed E-state index contributed by atoms with van der Waals surface area (Å²) < 4.78 is 84.6. The van der Waals surface area contributed by atoms with Crippen LogP contribution in [-0.4, -0.2) is 65.9 Å². The molecule has 0 spiro atoms. The SMILES string of the molecule is C=Cc1ccc2c3c([nH]c2c1)C(c1c(F)cc(NC2CN(CCCF)C2)cc1F)N(CC(F)(F)F)[C@H](C)C3. The Labute approximate surface area is 217 Å². The molecule has 0 saturated carbocycles. The van der Waals surface area contributed by atoms with E-state index in [4.69, 9.17) is 0 Å². The lowest BCUT2D eigenvalue weighted by Gasteiger charge is -2.41. The molecule has 10 heteroatoms. The highest BCUT2D eigenvalue weighted by molar-refractivity contribution is 5.87. The number of hydrogen-bond acceptors (Lipinski definition) is 3. The second-order valence-electron chi connectivity index (χ2n) is 10.3. The van der Waals surface area contributed by atoms with Crippen molar-refractivity contribution in [2.24, 2.45) is 0 Å². The Hall–Kier alpha value is -2.98. The first kappa shape index (κ1) is 26.6. The zero-order valence-corrected chi connectivity index (χ0v) is 21.0. The molecule has 0 aliphatic carbocycles. The molecule has 2 atom stereocenters. The Morgan fingerprint density at radius 2 is 1.84 bits per heavy atom. The third-order valence-electron chi connectivity index (χ3n) is 7.52. The quantitative estimate of drug-likeness (QED) is 0.325. The van der Waals surface area contributed by atoms with Crippen LogP contribution in [0, 0.1) is 11.6 Å². The van der Waals surface area contributed by atoms with Crippen LogP contribution in [0.4, 0.5) is 32.0 Å². The molecular weight excluding hydrogens is 506 g/mol. The van der Waals surface area contributed by atoms with E-state index in [0.29, 0.717) is 43.7 Å². The smallest absolute Gasteiger partial charge is 0.380 e. The molecule has 2 aliphatic rings. The molecule has 2 N–H and O–H groups in total. The van der Waals surface area contributed by atoms with Gasteiger partial charge in [-0.2, -0.15) is 13.2 Å². The molecule has 1 unspecified atom stereocenters. The lowest BCUT2D eigenvalue weighted by atomic mass is 9.88. The third kappa shape index (κ3) is 5.16. The van der Waals surface area contributed by atoms with Crippen LogP contribution < -0.4 is 5.32 Å². The average Bonchev–Trinajstić information content (AvgIpc) is 3.18. The van der Waals surface area contributed by atoms with Crippen LogP contribution in [0.15, 0.2) is 36.9 Å². The van der Waals surface area contributed by atoms with E-state index in [2.05, 4.69) is 16.9 Å². The van der Waals surface area contributed by atoms with E-state index >= 15 is 8.78 Å². The number of halogens is 6. The second-order valence-corrected chi connectivity index (χ2v) is 10.3. The summed E-state index contributed by atoms with van der Waals surface area (Å²) in [6.07, 6.45) is -2.16. The van der Waals surface area contributed by atoms with Gasteiger partial charge in [-0.05, 0) is 49.1 Å². The number of anilines is 1. The van der Waals surface area contributed by atoms with Gasteiger partial charge in [0.15, 0.2) is 0 Å². The van der Waals surface area contributed by atoms with E-state index in [1.54, 1.807) is 13.0 Å². The van der Waals surface area contributed by atoms with Gasteiger partial charge in [0.2, 0.25) is 0 Å². The molecule has 1 aromatic heterocycles. The maximum absolute atomic E-state index is 15.6. The summed E-state index contributed by atoms with van der Waals surface area (Å²) in [6, 6.07) is 5.88. The number of benzene rings is 2. The molecule has 3 heterocycles. The molecule has 2 aliphatic heterocycles. The molecule has 1 saturated heterocycles. The first-order valence-electron chi connectivity index (χ1n) is 12.7. The van der Waals surface area contributed by atoms with E-state index < -0.39 is 48.7 Å². The van der Waals surface area contributed by atoms with Gasteiger partial charge >= 0.3 is 6.18 Å². The van der Waals surface area contributed by atoms with E-state index in [0.717, 1.165) is 33.5 Å². The van der Waals surface area contributed by atoms with E-state index in [1.807, 2.05) is 23.1 Å². The molecule has 3 aromatic rings. The molecule has 4 nitrogen and oxygen atoms in total. The van der Waals surface area contributed by atoms with Crippen molar-refractivity contribution in [2.45, 2.75) is 44.1 Å². The predicted octanol–water partition coefficient (Wildman–Crippen LogP) is 6.44. The topological polar surface area (TPSA) is 34.3 Å². The van der Waals surface area contributed by atoms with Crippen LogP contribution >= 0.6 is 0 Å². The molecule has 0 bridgehead atoms. The zero-order chi connectivity index (χ0) is 27.2. The number of hydrogen-bond donors (Lipinski definition) is 2. The van der Waals surface area contributed by atoms with Crippen LogP contribution in [0.2, 0.25) is 0 Å². The Bertz CT molecular complexity index is 1300. The van der Waals surface area contributed by atoms with Crippen molar-refractivity contribution in [2.75, 3.05) is 38.2 Å². The molecule has 0 amide bonds. The minimum absolute atomic E-state index is 0.0462. The number of nitrogens with zero attached hydrogens (tertiary/aromatic N) is 2. The summed E-state index contributed by atoms with van der Waals surface area (Å²) in [6.45, 7) is 5.56. The maximum atomic E-state index is 15.6. The Morgan fingerprint density at radius 1 is 1.13 bits per heavy atom. The lowest BCUT2D eigenvalue weighted by molar-refractivity contribution is -0.155. The highest BCUT2D eigenvalue weighted by atomic mass is 19.4. The Morgan fingerprint density at radius 3 is 2.47 bits per heavy atom. The molecule has 2 aromatic carbocycles. The highest BCUT2D eigenvalue weighted by Crippen LogP contribution is 2.44. The van der Waals surface area contributed by atoms with Gasteiger partial charge < -0.3 is 10.3 Å². The summed E-state index contributed by atoms with van der Waals surface area (Å²) in [7, 11) is 0. The van der Waals surface area contributed by atoms with Crippen molar-refractivity contribution in [1.82, 2.24) is 14.8 Å². The van der Waals surface area contributed by atoms with Gasteiger partial charge in [-0.15, -0.1) is 0 Å². The fraction of sp³-hybridized carbons (Fsp3) is 0.429. The maximum Gasteiger partial charge on any atom is 0.401 e. The molecule has 38 heavy (non-hydrogen) atoms. The number of fused-ring (bicyclic) bond motifs is 3. The van der Waals surface area contributed by atoms with E-state index in [9.17, 15) is 17.6 Å². The van der Waals surface area contributed by atoms with Crippen molar-refractivity contribution in [3.05, 3.63) is 70.9 Å². The molecule has 0 radical (unpaired) electrons. The van der Waals surface area contributed by atoms with Gasteiger partial charge in [-0.25, -0.2) is 8.78 Å². The average molecular weight is 537 g/mol. The number of rotatable bonds is 8. The first-order valence-corrected chi connectivity index (χ1v) is 12.7. The van der Waals surface area contributed by atoms with Gasteiger partial charge in [-0.1, -0.05) is 24.8 Å². The number of H-pyrrole nitrogens is 1. The molecule has 1 fully saturated rings. The number of alkyl halides is 4. The molecule has 5 rings (SSSR count). The van der Waals surface area contributed by atoms with Crippen molar-refractivity contribution in [3.63, 3.8) is 0 Å². The van der Waals surface area contributed by atoms with Crippen LogP contribution in [0.25, 0.3) is 17.0 Å². The third-order valence-corrected chi connectivity index (χ3v) is 7.52. The first-order chi connectivity index (χ1) is 18.1. The summed E-state index contributed by atoms with van der Waals surface area (Å²) >= 11 is 0. The van der Waals surface area contributed by atoms with Crippen LogP contribution in [0.5, 0.6) is 0 Å². The number of aromatic nitrogens is 1. The highest BCUT2D eigenvalue weighted by Gasteiger charge is 2.44. The number of nitrogens with one attached hydrogen (secondary N) is 2.